The van der Waals surface area contributed by atoms with Crippen LogP contribution in [0.2, 0.25) is 0 Å². The molecular weight excluding hydrogens is 250 g/mol. The van der Waals surface area contributed by atoms with Gasteiger partial charge in [0.2, 0.25) is 0 Å². The second kappa shape index (κ2) is 5.13. The molecule has 0 aliphatic carbocycles. The molecule has 1 unspecified atom stereocenters. The molecule has 0 radical (unpaired) electrons. The highest BCUT2D eigenvalue weighted by Gasteiger charge is 2.31. The van der Waals surface area contributed by atoms with Gasteiger partial charge in [-0.1, -0.05) is 12.7 Å². The van der Waals surface area contributed by atoms with Crippen LogP contribution >= 0.6 is 0 Å². The molecule has 7 heteroatoms. The second-order valence-electron chi connectivity index (χ2n) is 4.33. The van der Waals surface area contributed by atoms with Crippen LogP contribution in [0.1, 0.15) is 23.0 Å². The van der Waals surface area contributed by atoms with Gasteiger partial charge in [-0.3, -0.25) is 9.58 Å². The van der Waals surface area contributed by atoms with Gasteiger partial charge in [-0.2, -0.15) is 5.10 Å². The van der Waals surface area contributed by atoms with Gasteiger partial charge in [0.05, 0.1) is 31.0 Å². The van der Waals surface area contributed by atoms with Gasteiger partial charge in [-0.15, -0.1) is 0 Å². The van der Waals surface area contributed by atoms with Gasteiger partial charge in [-0.05, 0) is 6.92 Å². The smallest absolute Gasteiger partial charge is 0.410 e. The minimum Gasteiger partial charge on any atom is -0.478 e. The number of amides is 1. The largest absolute Gasteiger partial charge is 0.478 e. The van der Waals surface area contributed by atoms with Gasteiger partial charge in [0.1, 0.15) is 12.2 Å². The molecule has 0 saturated heterocycles. The Bertz CT molecular complexity index is 523. The Morgan fingerprint density at radius 1 is 1.68 bits per heavy atom. The van der Waals surface area contributed by atoms with Gasteiger partial charge in [0.15, 0.2) is 0 Å². The molecule has 7 nitrogen and oxygen atoms in total. The van der Waals surface area contributed by atoms with Crippen LogP contribution in [-0.4, -0.2) is 44.5 Å². The number of hydrogen-bond acceptors (Lipinski definition) is 4. The summed E-state index contributed by atoms with van der Waals surface area (Å²) in [5.74, 6) is -1.05. The molecule has 102 valence electrons. The Kier molecular flexibility index (Phi) is 3.55. The van der Waals surface area contributed by atoms with Gasteiger partial charge < -0.3 is 9.84 Å². The number of ether oxygens (including phenoxy) is 1. The lowest BCUT2D eigenvalue weighted by Gasteiger charge is -2.33. The molecule has 0 saturated carbocycles. The van der Waals surface area contributed by atoms with Crippen LogP contribution in [0.15, 0.2) is 18.9 Å². The average molecular weight is 265 g/mol. The van der Waals surface area contributed by atoms with E-state index in [2.05, 4.69) is 11.7 Å². The molecule has 0 aromatic carbocycles. The number of carbonyl (C=O) groups excluding carboxylic acids is 1. The molecule has 2 heterocycles. The van der Waals surface area contributed by atoms with Crippen molar-refractivity contribution in [3.63, 3.8) is 0 Å². The van der Waals surface area contributed by atoms with Gasteiger partial charge >= 0.3 is 12.1 Å². The molecule has 1 aliphatic heterocycles. The average Bonchev–Trinajstić information content (AvgIpc) is 2.77. The third-order valence-corrected chi connectivity index (χ3v) is 3.03. The summed E-state index contributed by atoms with van der Waals surface area (Å²) in [6, 6.07) is -0.105. The fourth-order valence-corrected chi connectivity index (χ4v) is 2.04. The molecule has 1 aromatic rings. The van der Waals surface area contributed by atoms with E-state index in [0.29, 0.717) is 12.2 Å². The minimum absolute atomic E-state index is 0.105. The number of carbonyl (C=O) groups is 2. The van der Waals surface area contributed by atoms with Crippen molar-refractivity contribution >= 4 is 12.1 Å². The van der Waals surface area contributed by atoms with E-state index in [-0.39, 0.29) is 24.8 Å². The molecule has 1 atom stereocenters. The van der Waals surface area contributed by atoms with Crippen LogP contribution in [0.5, 0.6) is 0 Å². The van der Waals surface area contributed by atoms with Crippen LogP contribution in [0, 0.1) is 0 Å². The summed E-state index contributed by atoms with van der Waals surface area (Å²) in [5, 5.41) is 13.1. The van der Waals surface area contributed by atoms with Crippen molar-refractivity contribution in [2.75, 3.05) is 6.61 Å². The van der Waals surface area contributed by atoms with Crippen LogP contribution in [0.4, 0.5) is 4.79 Å². The topological polar surface area (TPSA) is 84.7 Å². The molecule has 1 aliphatic rings. The first-order valence-corrected chi connectivity index (χ1v) is 5.87. The zero-order valence-corrected chi connectivity index (χ0v) is 10.6. The van der Waals surface area contributed by atoms with E-state index in [1.165, 1.54) is 17.2 Å². The molecule has 1 aromatic heterocycles. The van der Waals surface area contributed by atoms with E-state index in [4.69, 9.17) is 9.84 Å². The molecule has 19 heavy (non-hydrogen) atoms. The van der Waals surface area contributed by atoms with Crippen molar-refractivity contribution in [3.8, 4) is 0 Å². The van der Waals surface area contributed by atoms with Crippen LogP contribution < -0.4 is 0 Å². The number of aromatic nitrogens is 2. The van der Waals surface area contributed by atoms with Crippen molar-refractivity contribution < 1.29 is 19.4 Å². The van der Waals surface area contributed by atoms with E-state index in [0.717, 1.165) is 0 Å². The number of rotatable bonds is 3. The Hall–Kier alpha value is -2.31. The monoisotopic (exact) mass is 265 g/mol. The summed E-state index contributed by atoms with van der Waals surface area (Å²) in [6.07, 6.45) is 2.32. The Morgan fingerprint density at radius 3 is 3.05 bits per heavy atom. The first-order chi connectivity index (χ1) is 9.04. The fourth-order valence-electron chi connectivity index (χ4n) is 2.04. The van der Waals surface area contributed by atoms with E-state index in [9.17, 15) is 9.59 Å². The predicted molar refractivity (Wildman–Crippen MR) is 65.7 cm³/mol. The van der Waals surface area contributed by atoms with E-state index < -0.39 is 12.1 Å². The highest BCUT2D eigenvalue weighted by molar-refractivity contribution is 5.88. The highest BCUT2D eigenvalue weighted by atomic mass is 16.6. The van der Waals surface area contributed by atoms with Crippen molar-refractivity contribution in [1.29, 1.82) is 0 Å². The minimum atomic E-state index is -1.05. The summed E-state index contributed by atoms with van der Waals surface area (Å²) in [4.78, 5) is 24.4. The molecule has 0 fully saturated rings. The highest BCUT2D eigenvalue weighted by Crippen LogP contribution is 2.21. The zero-order valence-electron chi connectivity index (χ0n) is 10.6. The van der Waals surface area contributed by atoms with Gasteiger partial charge in [-0.25, -0.2) is 9.59 Å². The van der Waals surface area contributed by atoms with Crippen molar-refractivity contribution in [2.45, 2.75) is 26.1 Å². The van der Waals surface area contributed by atoms with Crippen LogP contribution in [0.3, 0.4) is 0 Å². The van der Waals surface area contributed by atoms with E-state index >= 15 is 0 Å². The normalized spacial score (nSPS) is 17.7. The van der Waals surface area contributed by atoms with E-state index in [1.54, 1.807) is 4.68 Å². The molecular formula is C12H15N3O4. The molecule has 1 N–H and O–H groups in total. The molecule has 0 spiro atoms. The summed E-state index contributed by atoms with van der Waals surface area (Å²) in [5.41, 5.74) is 0.634. The summed E-state index contributed by atoms with van der Waals surface area (Å²) >= 11 is 0. The summed E-state index contributed by atoms with van der Waals surface area (Å²) in [6.45, 7) is 6.10. The summed E-state index contributed by atoms with van der Waals surface area (Å²) < 4.78 is 6.60. The third-order valence-electron chi connectivity index (χ3n) is 3.03. The number of carboxylic acids is 1. The van der Waals surface area contributed by atoms with Crippen molar-refractivity contribution in [2.24, 2.45) is 0 Å². The van der Waals surface area contributed by atoms with Gasteiger partial charge in [0, 0.05) is 0 Å². The van der Waals surface area contributed by atoms with Crippen LogP contribution in [-0.2, 0) is 17.8 Å². The third kappa shape index (κ3) is 2.44. The Labute approximate surface area is 110 Å². The van der Waals surface area contributed by atoms with Crippen molar-refractivity contribution in [3.05, 3.63) is 30.1 Å². The first-order valence-electron chi connectivity index (χ1n) is 5.87. The van der Waals surface area contributed by atoms with Crippen molar-refractivity contribution in [1.82, 2.24) is 14.7 Å². The molecule has 2 rings (SSSR count). The maximum Gasteiger partial charge on any atom is 0.410 e. The Morgan fingerprint density at radius 2 is 2.42 bits per heavy atom. The quantitative estimate of drug-likeness (QED) is 0.827. The SMILES string of the molecule is C=CCOC(=O)N1Cc2c(C(=O)O)cnn2CC1C. The summed E-state index contributed by atoms with van der Waals surface area (Å²) in [7, 11) is 0. The fraction of sp³-hybridized carbons (Fsp3) is 0.417. The zero-order chi connectivity index (χ0) is 14.0. The lowest BCUT2D eigenvalue weighted by molar-refractivity contribution is 0.0673. The number of fused-ring (bicyclic) bond motifs is 1. The van der Waals surface area contributed by atoms with Crippen LogP contribution in [0.25, 0.3) is 0 Å². The number of nitrogens with zero attached hydrogens (tertiary/aromatic N) is 3. The number of hydrogen-bond donors (Lipinski definition) is 1. The first kappa shape index (κ1) is 13.1. The maximum atomic E-state index is 11.9. The standard InChI is InChI=1S/C12H15N3O4/c1-3-4-19-12(18)14-7-10-9(11(16)17)5-13-15(10)6-8(14)2/h3,5,8H,1,4,6-7H2,2H3,(H,16,17). The van der Waals surface area contributed by atoms with E-state index in [1.807, 2.05) is 6.92 Å². The molecule has 1 amide bonds. The maximum absolute atomic E-state index is 11.9. The number of carboxylic acid groups (broad SMARTS) is 1. The lowest BCUT2D eigenvalue weighted by Crippen LogP contribution is -2.45. The Balaban J connectivity index is 2.21. The molecule has 0 bridgehead atoms. The lowest BCUT2D eigenvalue weighted by atomic mass is 10.1. The second-order valence-corrected chi connectivity index (χ2v) is 4.33. The van der Waals surface area contributed by atoms with Gasteiger partial charge in [0.25, 0.3) is 0 Å². The number of aromatic carboxylic acids is 1. The predicted octanol–water partition coefficient (Wildman–Crippen LogP) is 1.11.